The van der Waals surface area contributed by atoms with Crippen LogP contribution in [0.3, 0.4) is 0 Å². The van der Waals surface area contributed by atoms with Crippen LogP contribution in [0.4, 0.5) is 0 Å². The summed E-state index contributed by atoms with van der Waals surface area (Å²) in [6.45, 7) is 3.44. The lowest BCUT2D eigenvalue weighted by Gasteiger charge is -2.05. The van der Waals surface area contributed by atoms with Crippen LogP contribution >= 0.6 is 34.9 Å². The number of amides is 1. The van der Waals surface area contributed by atoms with Crippen molar-refractivity contribution in [3.05, 3.63) is 58.9 Å². The van der Waals surface area contributed by atoms with E-state index in [1.165, 1.54) is 5.56 Å². The summed E-state index contributed by atoms with van der Waals surface area (Å²) in [6.07, 6.45) is 2.09. The van der Waals surface area contributed by atoms with E-state index in [-0.39, 0.29) is 5.91 Å². The fourth-order valence-electron chi connectivity index (χ4n) is 2.76. The summed E-state index contributed by atoms with van der Waals surface area (Å²) < 4.78 is 8.85. The van der Waals surface area contributed by atoms with E-state index in [4.69, 9.17) is 4.74 Å². The van der Waals surface area contributed by atoms with Gasteiger partial charge >= 0.3 is 0 Å². The van der Waals surface area contributed by atoms with Crippen molar-refractivity contribution in [2.45, 2.75) is 19.2 Å². The third-order valence-corrected chi connectivity index (χ3v) is 6.66. The summed E-state index contributed by atoms with van der Waals surface area (Å²) >= 11 is 4.94. The normalized spacial score (nSPS) is 11.9. The van der Waals surface area contributed by atoms with E-state index < -0.39 is 0 Å². The molecule has 2 aromatic carbocycles. The fourth-order valence-corrected chi connectivity index (χ4v) is 5.00. The van der Waals surface area contributed by atoms with Crippen molar-refractivity contribution in [1.29, 1.82) is 0 Å². The molecule has 0 N–H and O–H groups in total. The zero-order chi connectivity index (χ0) is 19.8. The number of rotatable bonds is 9. The van der Waals surface area contributed by atoms with Gasteiger partial charge in [0.25, 0.3) is 5.91 Å². The Morgan fingerprint density at radius 1 is 1.21 bits per heavy atom. The smallest absolute Gasteiger partial charge is 0.258 e. The Morgan fingerprint density at radius 3 is 2.79 bits per heavy atom. The van der Waals surface area contributed by atoms with Crippen LogP contribution in [0.2, 0.25) is 0 Å². The molecule has 0 saturated heterocycles. The first-order valence-corrected chi connectivity index (χ1v) is 12.5. The first kappa shape index (κ1) is 21.0. The monoisotopic (exact) mass is 432 g/mol. The van der Waals surface area contributed by atoms with Gasteiger partial charge in [0.1, 0.15) is 5.75 Å². The second kappa shape index (κ2) is 10.7. The van der Waals surface area contributed by atoms with Crippen molar-refractivity contribution in [2.75, 3.05) is 24.4 Å². The molecular weight excluding hydrogens is 408 g/mol. The maximum atomic E-state index is 12.5. The summed E-state index contributed by atoms with van der Waals surface area (Å²) in [7, 11) is 0. The molecule has 148 valence electrons. The molecule has 4 nitrogen and oxygen atoms in total. The Kier molecular flexibility index (Phi) is 8.06. The Bertz CT molecular complexity index is 980. The first-order valence-electron chi connectivity index (χ1n) is 9.15. The summed E-state index contributed by atoms with van der Waals surface area (Å²) in [5.41, 5.74) is 2.33. The minimum atomic E-state index is -0.0876. The number of fused-ring (bicyclic) bond motifs is 1. The number of carbonyl (C=O) groups is 1. The molecule has 0 saturated carbocycles. The molecule has 1 aromatic heterocycles. The van der Waals surface area contributed by atoms with Gasteiger partial charge < -0.3 is 9.30 Å². The second-order valence-corrected chi connectivity index (χ2v) is 9.06. The number of ether oxygens (including phenoxy) is 1. The van der Waals surface area contributed by atoms with E-state index in [1.54, 1.807) is 34.9 Å². The van der Waals surface area contributed by atoms with E-state index in [0.717, 1.165) is 38.8 Å². The van der Waals surface area contributed by atoms with E-state index in [1.807, 2.05) is 37.3 Å². The molecule has 7 heteroatoms. The highest BCUT2D eigenvalue weighted by Crippen LogP contribution is 2.24. The standard InChI is InChI=1S/C21H24N2O2S3/c1-3-25-17-9-10-18-19(13-17)28-21(23(18)11-12-26-2)22-20(24)15-27-14-16-7-5-4-6-8-16/h4-10,13H,3,11-12,14-15H2,1-2H3. The molecule has 0 aliphatic carbocycles. The highest BCUT2D eigenvalue weighted by molar-refractivity contribution is 7.99. The van der Waals surface area contributed by atoms with Crippen molar-refractivity contribution in [2.24, 2.45) is 4.99 Å². The zero-order valence-electron chi connectivity index (χ0n) is 16.1. The number of hydrogen-bond acceptors (Lipinski definition) is 5. The van der Waals surface area contributed by atoms with Crippen LogP contribution in [0, 0.1) is 0 Å². The number of benzene rings is 2. The van der Waals surface area contributed by atoms with Crippen molar-refractivity contribution in [1.82, 2.24) is 4.57 Å². The highest BCUT2D eigenvalue weighted by Gasteiger charge is 2.09. The predicted octanol–water partition coefficient (Wildman–Crippen LogP) is 4.83. The molecule has 1 amide bonds. The maximum absolute atomic E-state index is 12.5. The van der Waals surface area contributed by atoms with E-state index in [2.05, 4.69) is 34.0 Å². The number of aromatic nitrogens is 1. The Balaban J connectivity index is 1.79. The van der Waals surface area contributed by atoms with E-state index in [0.29, 0.717) is 12.4 Å². The van der Waals surface area contributed by atoms with Crippen LogP contribution < -0.4 is 9.54 Å². The average Bonchev–Trinajstić information content (AvgIpc) is 3.03. The Morgan fingerprint density at radius 2 is 2.04 bits per heavy atom. The van der Waals surface area contributed by atoms with Gasteiger partial charge in [-0.3, -0.25) is 4.79 Å². The van der Waals surface area contributed by atoms with E-state index in [9.17, 15) is 4.79 Å². The van der Waals surface area contributed by atoms with Gasteiger partial charge in [0, 0.05) is 18.1 Å². The topological polar surface area (TPSA) is 43.6 Å². The molecular formula is C21H24N2O2S3. The number of thiazole rings is 1. The van der Waals surface area contributed by atoms with Crippen LogP contribution in [0.15, 0.2) is 53.5 Å². The van der Waals surface area contributed by atoms with E-state index >= 15 is 0 Å². The van der Waals surface area contributed by atoms with Gasteiger partial charge in [-0.25, -0.2) is 0 Å². The molecule has 28 heavy (non-hydrogen) atoms. The molecule has 0 radical (unpaired) electrons. The molecule has 1 heterocycles. The van der Waals surface area contributed by atoms with Gasteiger partial charge in [-0.05, 0) is 36.9 Å². The third-order valence-electron chi connectivity index (χ3n) is 4.04. The summed E-state index contributed by atoms with van der Waals surface area (Å²) in [5, 5.41) is 0. The number of nitrogens with zero attached hydrogens (tertiary/aromatic N) is 2. The van der Waals surface area contributed by atoms with Gasteiger partial charge in [0.05, 0.1) is 22.6 Å². The summed E-state index contributed by atoms with van der Waals surface area (Å²) in [5.74, 6) is 2.94. The molecule has 0 spiro atoms. The van der Waals surface area contributed by atoms with Crippen LogP contribution in [0.1, 0.15) is 12.5 Å². The highest BCUT2D eigenvalue weighted by atomic mass is 32.2. The van der Waals surface area contributed by atoms with Crippen molar-refractivity contribution >= 4 is 51.0 Å². The number of aryl methyl sites for hydroxylation is 1. The molecule has 0 atom stereocenters. The van der Waals surface area contributed by atoms with Crippen LogP contribution in [-0.4, -0.2) is 34.8 Å². The number of hydrogen-bond donors (Lipinski definition) is 0. The lowest BCUT2D eigenvalue weighted by Crippen LogP contribution is -2.18. The van der Waals surface area contributed by atoms with Crippen LogP contribution in [-0.2, 0) is 17.1 Å². The van der Waals surface area contributed by atoms with Gasteiger partial charge in [0.2, 0.25) is 0 Å². The predicted molar refractivity (Wildman–Crippen MR) is 123 cm³/mol. The summed E-state index contributed by atoms with van der Waals surface area (Å²) in [4.78, 5) is 17.6. The lowest BCUT2D eigenvalue weighted by molar-refractivity contribution is -0.115. The summed E-state index contributed by atoms with van der Waals surface area (Å²) in [6, 6.07) is 16.3. The molecule has 0 bridgehead atoms. The molecule has 0 aliphatic rings. The first-order chi connectivity index (χ1) is 13.7. The van der Waals surface area contributed by atoms with Crippen molar-refractivity contribution in [3.8, 4) is 5.75 Å². The van der Waals surface area contributed by atoms with Crippen molar-refractivity contribution in [3.63, 3.8) is 0 Å². The fraction of sp³-hybridized carbons (Fsp3) is 0.333. The number of carbonyl (C=O) groups excluding carboxylic acids is 1. The Labute approximate surface area is 178 Å². The minimum Gasteiger partial charge on any atom is -0.494 e. The molecule has 0 unspecified atom stereocenters. The van der Waals surface area contributed by atoms with Gasteiger partial charge in [-0.2, -0.15) is 16.8 Å². The Hall–Kier alpha value is -1.70. The minimum absolute atomic E-state index is 0.0876. The lowest BCUT2D eigenvalue weighted by atomic mass is 10.2. The van der Waals surface area contributed by atoms with Gasteiger partial charge in [-0.1, -0.05) is 41.7 Å². The second-order valence-electron chi connectivity index (χ2n) is 6.08. The van der Waals surface area contributed by atoms with Crippen LogP contribution in [0.25, 0.3) is 10.2 Å². The molecule has 3 rings (SSSR count). The quantitative estimate of drug-likeness (QED) is 0.486. The molecule has 0 fully saturated rings. The van der Waals surface area contributed by atoms with Gasteiger partial charge in [0.15, 0.2) is 4.80 Å². The third kappa shape index (κ3) is 5.65. The zero-order valence-corrected chi connectivity index (χ0v) is 18.5. The van der Waals surface area contributed by atoms with Crippen molar-refractivity contribution < 1.29 is 9.53 Å². The van der Waals surface area contributed by atoms with Crippen LogP contribution in [0.5, 0.6) is 5.75 Å². The van der Waals surface area contributed by atoms with Gasteiger partial charge in [-0.15, -0.1) is 11.8 Å². The number of thioether (sulfide) groups is 2. The average molecular weight is 433 g/mol. The molecule has 3 aromatic rings. The SMILES string of the molecule is CCOc1ccc2c(c1)sc(=NC(=O)CSCc1ccccc1)n2CCSC. The molecule has 0 aliphatic heterocycles. The maximum Gasteiger partial charge on any atom is 0.258 e. The largest absolute Gasteiger partial charge is 0.494 e.